The molecule has 1 aromatic heterocycles. The van der Waals surface area contributed by atoms with Crippen LogP contribution < -0.4 is 5.32 Å². The van der Waals surface area contributed by atoms with E-state index in [2.05, 4.69) is 15.3 Å². The Kier molecular flexibility index (Phi) is 5.59. The van der Waals surface area contributed by atoms with E-state index >= 15 is 0 Å². The fraction of sp³-hybridized carbons (Fsp3) is 0.100. The van der Waals surface area contributed by atoms with Crippen LogP contribution in [0.15, 0.2) is 48.8 Å². The number of carboxylic acids is 1. The number of carbonyl (C=O) groups excluding carboxylic acids is 1. The maximum Gasteiger partial charge on any atom is 0.307 e. The van der Waals surface area contributed by atoms with E-state index in [1.54, 1.807) is 24.3 Å². The van der Waals surface area contributed by atoms with Crippen molar-refractivity contribution in [1.29, 1.82) is 0 Å². The van der Waals surface area contributed by atoms with Crippen molar-refractivity contribution in [2.24, 2.45) is 0 Å². The van der Waals surface area contributed by atoms with E-state index < -0.39 is 23.4 Å². The largest absolute Gasteiger partial charge is 0.508 e. The Morgan fingerprint density at radius 1 is 0.897 bits per heavy atom. The number of benzene rings is 2. The molecule has 0 radical (unpaired) electrons. The highest BCUT2D eigenvalue weighted by atomic mass is 16.4. The summed E-state index contributed by atoms with van der Waals surface area (Å²) in [6.45, 7) is 0. The number of nitrogens with one attached hydrogen (secondary N) is 1. The molecular formula is C20H17N3O6. The molecule has 3 aromatic rings. The van der Waals surface area contributed by atoms with Crippen LogP contribution in [-0.2, 0) is 22.4 Å². The normalized spacial score (nSPS) is 10.5. The van der Waals surface area contributed by atoms with Gasteiger partial charge in [0, 0.05) is 35.7 Å². The van der Waals surface area contributed by atoms with Crippen LogP contribution >= 0.6 is 0 Å². The van der Waals surface area contributed by atoms with Crippen molar-refractivity contribution >= 4 is 17.8 Å². The first-order chi connectivity index (χ1) is 13.8. The van der Waals surface area contributed by atoms with Crippen LogP contribution in [0.25, 0.3) is 11.1 Å². The van der Waals surface area contributed by atoms with Gasteiger partial charge < -0.3 is 20.4 Å². The van der Waals surface area contributed by atoms with Gasteiger partial charge in [-0.05, 0) is 11.1 Å². The Morgan fingerprint density at radius 2 is 1.55 bits per heavy atom. The van der Waals surface area contributed by atoms with Gasteiger partial charge >= 0.3 is 5.97 Å². The van der Waals surface area contributed by atoms with E-state index in [9.17, 15) is 24.9 Å². The molecule has 0 saturated heterocycles. The van der Waals surface area contributed by atoms with Crippen molar-refractivity contribution in [2.75, 3.05) is 5.32 Å². The van der Waals surface area contributed by atoms with E-state index in [0.717, 1.165) is 17.7 Å². The molecule has 1 amide bonds. The number of amides is 1. The molecule has 1 heterocycles. The smallest absolute Gasteiger partial charge is 0.307 e. The molecule has 0 saturated carbocycles. The summed E-state index contributed by atoms with van der Waals surface area (Å²) in [6, 6.07) is 9.00. The highest BCUT2D eigenvalue weighted by molar-refractivity contribution is 5.91. The molecule has 3 rings (SSSR count). The molecule has 0 fully saturated rings. The lowest BCUT2D eigenvalue weighted by Gasteiger charge is -2.09. The topological polar surface area (TPSA) is 153 Å². The van der Waals surface area contributed by atoms with Crippen molar-refractivity contribution < 1.29 is 30.0 Å². The fourth-order valence-electron chi connectivity index (χ4n) is 2.71. The summed E-state index contributed by atoms with van der Waals surface area (Å²) in [6.07, 6.45) is 2.52. The predicted octanol–water partition coefficient (Wildman–Crippen LogP) is 2.07. The van der Waals surface area contributed by atoms with Crippen molar-refractivity contribution in [3.05, 3.63) is 59.9 Å². The van der Waals surface area contributed by atoms with Crippen molar-refractivity contribution in [3.63, 3.8) is 0 Å². The summed E-state index contributed by atoms with van der Waals surface area (Å²) in [4.78, 5) is 31.1. The second kappa shape index (κ2) is 8.26. The second-order valence-corrected chi connectivity index (χ2v) is 6.25. The Labute approximate surface area is 164 Å². The summed E-state index contributed by atoms with van der Waals surface area (Å²) < 4.78 is 0. The SMILES string of the molecule is O=C(O)Cc1cccc(-c2cnc(NC(=O)Cc3c(O)cc(O)cc3O)nc2)c1. The van der Waals surface area contributed by atoms with Crippen molar-refractivity contribution in [2.45, 2.75) is 12.8 Å². The number of rotatable bonds is 6. The van der Waals surface area contributed by atoms with Gasteiger partial charge in [-0.2, -0.15) is 0 Å². The molecule has 29 heavy (non-hydrogen) atoms. The highest BCUT2D eigenvalue weighted by Gasteiger charge is 2.15. The number of phenolic OH excluding ortho intramolecular Hbond substituents is 3. The number of anilines is 1. The molecule has 0 spiro atoms. The average Bonchev–Trinajstić information content (AvgIpc) is 2.65. The molecule has 0 aliphatic heterocycles. The molecule has 0 unspecified atom stereocenters. The Hall–Kier alpha value is -4.14. The number of hydrogen-bond donors (Lipinski definition) is 5. The average molecular weight is 395 g/mol. The van der Waals surface area contributed by atoms with Gasteiger partial charge in [0.25, 0.3) is 0 Å². The third-order valence-corrected chi connectivity index (χ3v) is 4.04. The molecule has 148 valence electrons. The zero-order valence-electron chi connectivity index (χ0n) is 15.0. The van der Waals surface area contributed by atoms with Crippen LogP contribution in [0, 0.1) is 0 Å². The third kappa shape index (κ3) is 4.98. The summed E-state index contributed by atoms with van der Waals surface area (Å²) in [7, 11) is 0. The van der Waals surface area contributed by atoms with E-state index in [0.29, 0.717) is 11.1 Å². The molecule has 2 aromatic carbocycles. The van der Waals surface area contributed by atoms with E-state index in [1.165, 1.54) is 12.4 Å². The number of carbonyl (C=O) groups is 2. The van der Waals surface area contributed by atoms with Crippen LogP contribution in [0.1, 0.15) is 11.1 Å². The lowest BCUT2D eigenvalue weighted by Crippen LogP contribution is -2.16. The Balaban J connectivity index is 1.69. The minimum absolute atomic E-state index is 0.0261. The first-order valence-corrected chi connectivity index (χ1v) is 8.48. The summed E-state index contributed by atoms with van der Waals surface area (Å²) in [5.41, 5.74) is 1.98. The van der Waals surface area contributed by atoms with Crippen LogP contribution in [0.3, 0.4) is 0 Å². The minimum atomic E-state index is -0.929. The van der Waals surface area contributed by atoms with Crippen molar-refractivity contribution in [1.82, 2.24) is 9.97 Å². The van der Waals surface area contributed by atoms with Gasteiger partial charge in [-0.15, -0.1) is 0 Å². The number of aliphatic carboxylic acids is 1. The molecule has 0 aliphatic rings. The fourth-order valence-corrected chi connectivity index (χ4v) is 2.71. The first kappa shape index (κ1) is 19.6. The molecule has 0 aliphatic carbocycles. The van der Waals surface area contributed by atoms with Crippen LogP contribution in [0.4, 0.5) is 5.95 Å². The zero-order valence-corrected chi connectivity index (χ0v) is 15.0. The second-order valence-electron chi connectivity index (χ2n) is 6.25. The monoisotopic (exact) mass is 395 g/mol. The van der Waals surface area contributed by atoms with Gasteiger partial charge in [0.2, 0.25) is 11.9 Å². The quantitative estimate of drug-likeness (QED) is 0.425. The number of carboxylic acid groups (broad SMARTS) is 1. The summed E-state index contributed by atoms with van der Waals surface area (Å²) in [5.74, 6) is -2.61. The zero-order chi connectivity index (χ0) is 21.0. The number of hydrogen-bond acceptors (Lipinski definition) is 7. The third-order valence-electron chi connectivity index (χ3n) is 4.04. The summed E-state index contributed by atoms with van der Waals surface area (Å²) in [5, 5.41) is 40.2. The van der Waals surface area contributed by atoms with Gasteiger partial charge in [-0.3, -0.25) is 14.9 Å². The standard InChI is InChI=1S/C20H17N3O6/c24-14-6-16(25)15(17(26)7-14)8-18(27)23-20-21-9-13(10-22-20)12-3-1-2-11(4-12)5-19(28)29/h1-4,6-7,9-10,24-26H,5,8H2,(H,28,29)(H,21,22,23,27). The number of aromatic nitrogens is 2. The number of nitrogens with zero attached hydrogens (tertiary/aromatic N) is 2. The maximum atomic E-state index is 12.1. The Bertz CT molecular complexity index is 1040. The predicted molar refractivity (Wildman–Crippen MR) is 103 cm³/mol. The van der Waals surface area contributed by atoms with Gasteiger partial charge in [0.1, 0.15) is 17.2 Å². The molecular weight excluding hydrogens is 378 g/mol. The van der Waals surface area contributed by atoms with Crippen LogP contribution in [0.2, 0.25) is 0 Å². The van der Waals surface area contributed by atoms with E-state index in [4.69, 9.17) is 5.11 Å². The summed E-state index contributed by atoms with van der Waals surface area (Å²) >= 11 is 0. The van der Waals surface area contributed by atoms with Crippen LogP contribution in [-0.4, -0.2) is 42.3 Å². The van der Waals surface area contributed by atoms with Gasteiger partial charge in [-0.25, -0.2) is 9.97 Å². The minimum Gasteiger partial charge on any atom is -0.508 e. The van der Waals surface area contributed by atoms with Gasteiger partial charge in [0.15, 0.2) is 0 Å². The van der Waals surface area contributed by atoms with Crippen LogP contribution in [0.5, 0.6) is 17.2 Å². The van der Waals surface area contributed by atoms with Crippen molar-refractivity contribution in [3.8, 4) is 28.4 Å². The number of aromatic hydroxyl groups is 3. The molecule has 0 bridgehead atoms. The molecule has 0 atom stereocenters. The maximum absolute atomic E-state index is 12.1. The molecule has 5 N–H and O–H groups in total. The lowest BCUT2D eigenvalue weighted by molar-refractivity contribution is -0.136. The first-order valence-electron chi connectivity index (χ1n) is 8.48. The van der Waals surface area contributed by atoms with E-state index in [-0.39, 0.29) is 30.1 Å². The highest BCUT2D eigenvalue weighted by Crippen LogP contribution is 2.32. The number of phenols is 3. The molecule has 9 heteroatoms. The van der Waals surface area contributed by atoms with Gasteiger partial charge in [-0.1, -0.05) is 24.3 Å². The van der Waals surface area contributed by atoms with E-state index in [1.807, 2.05) is 0 Å². The molecule has 9 nitrogen and oxygen atoms in total. The Morgan fingerprint density at radius 3 is 2.17 bits per heavy atom. The lowest BCUT2D eigenvalue weighted by atomic mass is 10.0. The van der Waals surface area contributed by atoms with Gasteiger partial charge in [0.05, 0.1) is 12.8 Å².